The number of nitro groups is 2. The molecule has 0 N–H and O–H groups in total. The Kier molecular flexibility index (Phi) is 6.16. The van der Waals surface area contributed by atoms with Gasteiger partial charge >= 0.3 is 5.82 Å². The van der Waals surface area contributed by atoms with Gasteiger partial charge in [-0.1, -0.05) is 60.7 Å². The zero-order chi connectivity index (χ0) is 19.1. The molecule has 0 aliphatic rings. The molecule has 2 aromatic carbocycles. The summed E-state index contributed by atoms with van der Waals surface area (Å²) in [5.41, 5.74) is 2.36. The smallest absolute Gasteiger partial charge is 0.253 e. The van der Waals surface area contributed by atoms with Crippen LogP contribution >= 0.6 is 0 Å². The minimum absolute atomic E-state index is 0.00472. The zero-order valence-electron chi connectivity index (χ0n) is 14.1. The van der Waals surface area contributed by atoms with Gasteiger partial charge in [0.15, 0.2) is 0 Å². The van der Waals surface area contributed by atoms with E-state index < -0.39 is 15.7 Å². The molecule has 0 aliphatic carbocycles. The topological polar surface area (TPSA) is 86.3 Å². The standard InChI is InChI=1S/C20H18N2O4/c1-3-9-15-11-5-7-13-17(15)19(20(21(23)24)22(25)26)18-14-8-6-12-16(18)10-4-2/h3-8,11-14H,1-2,9-10H2. The summed E-state index contributed by atoms with van der Waals surface area (Å²) in [5.74, 6) is -1.04. The van der Waals surface area contributed by atoms with Crippen LogP contribution in [-0.2, 0) is 12.8 Å². The van der Waals surface area contributed by atoms with Gasteiger partial charge in [-0.15, -0.1) is 13.2 Å². The number of benzene rings is 2. The second-order valence-corrected chi connectivity index (χ2v) is 5.51. The molecule has 6 nitrogen and oxygen atoms in total. The van der Waals surface area contributed by atoms with Crippen molar-refractivity contribution in [3.8, 4) is 0 Å². The number of nitrogens with zero attached hydrogens (tertiary/aromatic N) is 2. The van der Waals surface area contributed by atoms with Gasteiger partial charge in [-0.25, -0.2) is 0 Å². The predicted octanol–water partition coefficient (Wildman–Crippen LogP) is 4.41. The first-order valence-electron chi connectivity index (χ1n) is 7.92. The van der Waals surface area contributed by atoms with E-state index in [2.05, 4.69) is 13.2 Å². The van der Waals surface area contributed by atoms with Crippen LogP contribution in [0.4, 0.5) is 0 Å². The fourth-order valence-electron chi connectivity index (χ4n) is 2.83. The monoisotopic (exact) mass is 350 g/mol. The van der Waals surface area contributed by atoms with E-state index >= 15 is 0 Å². The molecule has 0 aliphatic heterocycles. The summed E-state index contributed by atoms with van der Waals surface area (Å²) in [6.45, 7) is 7.39. The first-order valence-corrected chi connectivity index (χ1v) is 7.92. The zero-order valence-corrected chi connectivity index (χ0v) is 14.1. The van der Waals surface area contributed by atoms with Gasteiger partial charge in [-0.2, -0.15) is 0 Å². The minimum Gasteiger partial charge on any atom is -0.253 e. The highest BCUT2D eigenvalue weighted by Gasteiger charge is 2.35. The molecule has 26 heavy (non-hydrogen) atoms. The van der Waals surface area contributed by atoms with Crippen LogP contribution in [0.25, 0.3) is 5.57 Å². The van der Waals surface area contributed by atoms with Crippen LogP contribution in [0.3, 0.4) is 0 Å². The third kappa shape index (κ3) is 3.92. The Labute approximate surface area is 151 Å². The van der Waals surface area contributed by atoms with Crippen molar-refractivity contribution in [3.05, 3.63) is 122 Å². The maximum atomic E-state index is 11.5. The van der Waals surface area contributed by atoms with Gasteiger partial charge in [-0.05, 0) is 35.1 Å². The Hall–Kier alpha value is -3.54. The Morgan fingerprint density at radius 2 is 1.19 bits per heavy atom. The quantitative estimate of drug-likeness (QED) is 0.401. The second-order valence-electron chi connectivity index (χ2n) is 5.51. The largest absolute Gasteiger partial charge is 0.567 e. The maximum absolute atomic E-state index is 11.5. The molecule has 0 heterocycles. The summed E-state index contributed by atoms with van der Waals surface area (Å²) in [6, 6.07) is 13.9. The molecule has 132 valence electrons. The Balaban J connectivity index is 2.93. The Bertz CT molecular complexity index is 829. The van der Waals surface area contributed by atoms with Crippen molar-refractivity contribution in [2.75, 3.05) is 0 Å². The summed E-state index contributed by atoms with van der Waals surface area (Å²) in [5, 5.41) is 23.1. The van der Waals surface area contributed by atoms with Crippen molar-refractivity contribution >= 4 is 5.57 Å². The molecule has 0 saturated carbocycles. The second kappa shape index (κ2) is 8.53. The average Bonchev–Trinajstić information content (AvgIpc) is 2.61. The van der Waals surface area contributed by atoms with Crippen molar-refractivity contribution in [2.24, 2.45) is 0 Å². The predicted molar refractivity (Wildman–Crippen MR) is 101 cm³/mol. The molecular weight excluding hydrogens is 332 g/mol. The summed E-state index contributed by atoms with van der Waals surface area (Å²) in [7, 11) is 0. The third-order valence-electron chi connectivity index (χ3n) is 3.87. The first kappa shape index (κ1) is 18.8. The van der Waals surface area contributed by atoms with E-state index in [1.165, 1.54) is 0 Å². The van der Waals surface area contributed by atoms with Crippen LogP contribution in [0.5, 0.6) is 0 Å². The Morgan fingerprint density at radius 3 is 1.54 bits per heavy atom. The van der Waals surface area contributed by atoms with Crippen molar-refractivity contribution < 1.29 is 9.85 Å². The van der Waals surface area contributed by atoms with Gasteiger partial charge in [0.1, 0.15) is 15.4 Å². The third-order valence-corrected chi connectivity index (χ3v) is 3.87. The molecule has 2 aromatic rings. The van der Waals surface area contributed by atoms with Gasteiger partial charge < -0.3 is 0 Å². The van der Waals surface area contributed by atoms with Gasteiger partial charge in [0, 0.05) is 0 Å². The van der Waals surface area contributed by atoms with E-state index in [1.807, 2.05) is 0 Å². The normalized spacial score (nSPS) is 10.0. The molecule has 0 atom stereocenters. The van der Waals surface area contributed by atoms with Crippen molar-refractivity contribution in [1.29, 1.82) is 0 Å². The first-order chi connectivity index (χ1) is 12.5. The van der Waals surface area contributed by atoms with Gasteiger partial charge in [0.2, 0.25) is 0 Å². The summed E-state index contributed by atoms with van der Waals surface area (Å²) >= 11 is 0. The molecule has 0 aromatic heterocycles. The maximum Gasteiger partial charge on any atom is 0.567 e. The van der Waals surface area contributed by atoms with Crippen LogP contribution in [0.2, 0.25) is 0 Å². The van der Waals surface area contributed by atoms with E-state index in [-0.39, 0.29) is 5.57 Å². The fourth-order valence-corrected chi connectivity index (χ4v) is 2.83. The van der Waals surface area contributed by atoms with Crippen LogP contribution in [0, 0.1) is 20.2 Å². The number of hydrogen-bond acceptors (Lipinski definition) is 4. The van der Waals surface area contributed by atoms with Crippen LogP contribution in [0.15, 0.2) is 79.7 Å². The summed E-state index contributed by atoms with van der Waals surface area (Å²) in [4.78, 5) is 21.2. The lowest BCUT2D eigenvalue weighted by molar-refractivity contribution is -0.614. The molecular formula is C20H18N2O4. The number of allylic oxidation sites excluding steroid dienone is 2. The SMILES string of the molecule is C=CCc1ccccc1C(=C([N+](=O)[O-])[N+](=O)[O-])c1ccccc1CC=C. The molecule has 0 amide bonds. The molecule has 0 unspecified atom stereocenters. The van der Waals surface area contributed by atoms with Crippen molar-refractivity contribution in [2.45, 2.75) is 12.8 Å². The Morgan fingerprint density at radius 1 is 0.808 bits per heavy atom. The molecule has 0 saturated heterocycles. The van der Waals surface area contributed by atoms with Crippen LogP contribution in [-0.4, -0.2) is 9.85 Å². The van der Waals surface area contributed by atoms with Crippen molar-refractivity contribution in [3.63, 3.8) is 0 Å². The highest BCUT2D eigenvalue weighted by molar-refractivity contribution is 5.83. The van der Waals surface area contributed by atoms with Gasteiger partial charge in [0.05, 0.1) is 0 Å². The number of hydrogen-bond donors (Lipinski definition) is 0. The van der Waals surface area contributed by atoms with Crippen molar-refractivity contribution in [1.82, 2.24) is 0 Å². The lowest BCUT2D eigenvalue weighted by Crippen LogP contribution is -2.14. The van der Waals surface area contributed by atoms with E-state index in [0.717, 1.165) is 11.1 Å². The highest BCUT2D eigenvalue weighted by atomic mass is 16.7. The highest BCUT2D eigenvalue weighted by Crippen LogP contribution is 2.33. The van der Waals surface area contributed by atoms with Crippen LogP contribution in [0.1, 0.15) is 22.3 Å². The number of rotatable bonds is 8. The van der Waals surface area contributed by atoms with Gasteiger partial charge in [-0.3, -0.25) is 20.2 Å². The summed E-state index contributed by atoms with van der Waals surface area (Å²) < 4.78 is 0. The lowest BCUT2D eigenvalue weighted by atomic mass is 9.89. The molecule has 0 radical (unpaired) electrons. The molecule has 0 bridgehead atoms. The van der Waals surface area contributed by atoms with E-state index in [1.54, 1.807) is 60.7 Å². The fraction of sp³-hybridized carbons (Fsp3) is 0.100. The van der Waals surface area contributed by atoms with E-state index in [4.69, 9.17) is 0 Å². The minimum atomic E-state index is -1.04. The molecule has 0 spiro atoms. The lowest BCUT2D eigenvalue weighted by Gasteiger charge is -2.13. The molecule has 2 rings (SSSR count). The van der Waals surface area contributed by atoms with Gasteiger partial charge in [0.25, 0.3) is 0 Å². The molecule has 6 heteroatoms. The molecule has 0 fully saturated rings. The van der Waals surface area contributed by atoms with E-state index in [0.29, 0.717) is 24.0 Å². The van der Waals surface area contributed by atoms with E-state index in [9.17, 15) is 20.2 Å². The average molecular weight is 350 g/mol. The van der Waals surface area contributed by atoms with Crippen LogP contribution < -0.4 is 0 Å². The summed E-state index contributed by atoms with van der Waals surface area (Å²) in [6.07, 6.45) is 4.19.